The highest BCUT2D eigenvalue weighted by molar-refractivity contribution is 9.10. The molecule has 1 aromatic rings. The van der Waals surface area contributed by atoms with Crippen LogP contribution in [0, 0.1) is 0 Å². The van der Waals surface area contributed by atoms with Gasteiger partial charge in [0.25, 0.3) is 5.91 Å². The van der Waals surface area contributed by atoms with Crippen LogP contribution in [0.15, 0.2) is 22.7 Å². The monoisotopic (exact) mass is 360 g/mol. The Morgan fingerprint density at radius 2 is 2.00 bits per heavy atom. The van der Waals surface area contributed by atoms with Gasteiger partial charge in [-0.3, -0.25) is 4.79 Å². The summed E-state index contributed by atoms with van der Waals surface area (Å²) in [5, 5.41) is 0.627. The molecule has 1 amide bonds. The highest BCUT2D eigenvalue weighted by Crippen LogP contribution is 2.29. The molecule has 20 heavy (non-hydrogen) atoms. The molecule has 0 aromatic heterocycles. The predicted octanol–water partition coefficient (Wildman–Crippen LogP) is 2.64. The van der Waals surface area contributed by atoms with Gasteiger partial charge < -0.3 is 14.5 Å². The summed E-state index contributed by atoms with van der Waals surface area (Å²) in [4.78, 5) is 16.4. The van der Waals surface area contributed by atoms with Crippen LogP contribution >= 0.6 is 27.5 Å². The van der Waals surface area contributed by atoms with Gasteiger partial charge in [-0.2, -0.15) is 0 Å². The molecule has 4 nitrogen and oxygen atoms in total. The van der Waals surface area contributed by atoms with Crippen LogP contribution in [0.5, 0.6) is 5.75 Å². The topological polar surface area (TPSA) is 32.8 Å². The van der Waals surface area contributed by atoms with Crippen LogP contribution in [-0.2, 0) is 4.79 Å². The Bertz CT molecular complexity index is 490. The summed E-state index contributed by atoms with van der Waals surface area (Å²) in [6.45, 7) is 5.10. The molecule has 1 atom stereocenters. The number of hydrogen-bond acceptors (Lipinski definition) is 3. The Hall–Kier alpha value is -0.780. The molecule has 0 aliphatic carbocycles. The van der Waals surface area contributed by atoms with E-state index in [2.05, 4.69) is 27.9 Å². The number of piperazine rings is 1. The van der Waals surface area contributed by atoms with Gasteiger partial charge >= 0.3 is 0 Å². The van der Waals surface area contributed by atoms with Crippen molar-refractivity contribution < 1.29 is 9.53 Å². The second-order valence-electron chi connectivity index (χ2n) is 4.96. The zero-order chi connectivity index (χ0) is 14.7. The van der Waals surface area contributed by atoms with Crippen molar-refractivity contribution in [2.24, 2.45) is 0 Å². The first kappa shape index (κ1) is 15.6. The van der Waals surface area contributed by atoms with Crippen LogP contribution < -0.4 is 4.74 Å². The van der Waals surface area contributed by atoms with E-state index in [4.69, 9.17) is 16.3 Å². The number of carbonyl (C=O) groups is 1. The maximum absolute atomic E-state index is 12.3. The Balaban J connectivity index is 1.97. The Morgan fingerprint density at radius 1 is 1.35 bits per heavy atom. The molecule has 1 aliphatic heterocycles. The molecule has 1 heterocycles. The van der Waals surface area contributed by atoms with Gasteiger partial charge in [0.05, 0.1) is 4.47 Å². The molecular formula is C14H18BrClN2O2. The van der Waals surface area contributed by atoms with Crippen LogP contribution in [0.1, 0.15) is 6.92 Å². The number of hydrogen-bond donors (Lipinski definition) is 0. The van der Waals surface area contributed by atoms with E-state index >= 15 is 0 Å². The first-order valence-electron chi connectivity index (χ1n) is 6.56. The summed E-state index contributed by atoms with van der Waals surface area (Å²) in [6.07, 6.45) is -0.504. The van der Waals surface area contributed by atoms with Crippen molar-refractivity contribution in [2.45, 2.75) is 13.0 Å². The predicted molar refractivity (Wildman–Crippen MR) is 83.3 cm³/mol. The van der Waals surface area contributed by atoms with E-state index in [0.717, 1.165) is 30.7 Å². The van der Waals surface area contributed by atoms with E-state index in [1.165, 1.54) is 0 Å². The lowest BCUT2D eigenvalue weighted by atomic mass is 10.2. The summed E-state index contributed by atoms with van der Waals surface area (Å²) < 4.78 is 6.48. The van der Waals surface area contributed by atoms with Crippen molar-refractivity contribution >= 4 is 33.4 Å². The molecule has 1 unspecified atom stereocenters. The second kappa shape index (κ2) is 6.78. The third-order valence-corrected chi connectivity index (χ3v) is 4.22. The zero-order valence-electron chi connectivity index (χ0n) is 11.6. The van der Waals surface area contributed by atoms with E-state index in [-0.39, 0.29) is 5.91 Å². The Labute approximate surface area is 132 Å². The molecule has 1 aliphatic rings. The summed E-state index contributed by atoms with van der Waals surface area (Å²) in [6, 6.07) is 5.26. The SMILES string of the molecule is CC(Oc1ccc(Cl)cc1Br)C(=O)N1CCN(C)CC1. The van der Waals surface area contributed by atoms with Crippen molar-refractivity contribution in [3.8, 4) is 5.75 Å². The highest BCUT2D eigenvalue weighted by atomic mass is 79.9. The fraction of sp³-hybridized carbons (Fsp3) is 0.500. The number of ether oxygens (including phenoxy) is 1. The minimum Gasteiger partial charge on any atom is -0.480 e. The number of benzene rings is 1. The second-order valence-corrected chi connectivity index (χ2v) is 6.25. The molecule has 1 saturated heterocycles. The molecule has 0 N–H and O–H groups in total. The van der Waals surface area contributed by atoms with Crippen molar-refractivity contribution in [1.29, 1.82) is 0 Å². The Kier molecular flexibility index (Phi) is 5.29. The van der Waals surface area contributed by atoms with Gasteiger partial charge in [0, 0.05) is 31.2 Å². The van der Waals surface area contributed by atoms with Crippen molar-refractivity contribution in [2.75, 3.05) is 33.2 Å². The molecule has 0 bridgehead atoms. The van der Waals surface area contributed by atoms with Crippen molar-refractivity contribution in [3.05, 3.63) is 27.7 Å². The third kappa shape index (κ3) is 3.87. The number of halogens is 2. The van der Waals surface area contributed by atoms with Crippen LogP contribution in [-0.4, -0.2) is 55.0 Å². The van der Waals surface area contributed by atoms with Gasteiger partial charge in [0.15, 0.2) is 6.10 Å². The van der Waals surface area contributed by atoms with Crippen LogP contribution in [0.4, 0.5) is 0 Å². The molecule has 6 heteroatoms. The van der Waals surface area contributed by atoms with Crippen LogP contribution in [0.2, 0.25) is 5.02 Å². The van der Waals surface area contributed by atoms with Gasteiger partial charge in [-0.1, -0.05) is 11.6 Å². The lowest BCUT2D eigenvalue weighted by Gasteiger charge is -2.33. The van der Waals surface area contributed by atoms with E-state index in [0.29, 0.717) is 10.8 Å². The van der Waals surface area contributed by atoms with Gasteiger partial charge in [-0.25, -0.2) is 0 Å². The number of carbonyl (C=O) groups excluding carboxylic acids is 1. The molecule has 1 aromatic carbocycles. The van der Waals surface area contributed by atoms with E-state index < -0.39 is 6.10 Å². The molecule has 0 radical (unpaired) electrons. The standard InChI is InChI=1S/C14H18BrClN2O2/c1-10(14(19)18-7-5-17(2)6-8-18)20-13-4-3-11(16)9-12(13)15/h3-4,9-10H,5-8H2,1-2H3. The lowest BCUT2D eigenvalue weighted by molar-refractivity contribution is -0.139. The quantitative estimate of drug-likeness (QED) is 0.830. The number of nitrogens with zero attached hydrogens (tertiary/aromatic N) is 2. The zero-order valence-corrected chi connectivity index (χ0v) is 13.9. The molecule has 110 valence electrons. The average Bonchev–Trinajstić information content (AvgIpc) is 2.42. The van der Waals surface area contributed by atoms with Crippen molar-refractivity contribution in [1.82, 2.24) is 9.80 Å². The summed E-state index contributed by atoms with van der Waals surface area (Å²) in [5.41, 5.74) is 0. The fourth-order valence-electron chi connectivity index (χ4n) is 2.10. The fourth-order valence-corrected chi connectivity index (χ4v) is 2.87. The molecule has 0 spiro atoms. The maximum Gasteiger partial charge on any atom is 0.263 e. The van der Waals surface area contributed by atoms with Crippen LogP contribution in [0.25, 0.3) is 0 Å². The Morgan fingerprint density at radius 3 is 2.60 bits per heavy atom. The summed E-state index contributed by atoms with van der Waals surface area (Å²) >= 11 is 9.27. The van der Waals surface area contributed by atoms with E-state index in [1.54, 1.807) is 25.1 Å². The van der Waals surface area contributed by atoms with Crippen LogP contribution in [0.3, 0.4) is 0 Å². The number of rotatable bonds is 3. The minimum absolute atomic E-state index is 0.0277. The first-order valence-corrected chi connectivity index (χ1v) is 7.73. The largest absolute Gasteiger partial charge is 0.480 e. The first-order chi connectivity index (χ1) is 9.47. The van der Waals surface area contributed by atoms with Gasteiger partial charge in [-0.15, -0.1) is 0 Å². The smallest absolute Gasteiger partial charge is 0.263 e. The number of amides is 1. The molecule has 2 rings (SSSR count). The van der Waals surface area contributed by atoms with Gasteiger partial charge in [-0.05, 0) is 48.1 Å². The van der Waals surface area contributed by atoms with Gasteiger partial charge in [0.2, 0.25) is 0 Å². The normalized spacial score (nSPS) is 17.9. The van der Waals surface area contributed by atoms with Crippen molar-refractivity contribution in [3.63, 3.8) is 0 Å². The average molecular weight is 362 g/mol. The highest BCUT2D eigenvalue weighted by Gasteiger charge is 2.25. The van der Waals surface area contributed by atoms with Gasteiger partial charge in [0.1, 0.15) is 5.75 Å². The number of likely N-dealkylation sites (N-methyl/N-ethyl adjacent to an activating group) is 1. The van der Waals surface area contributed by atoms with E-state index in [1.807, 2.05) is 4.90 Å². The summed E-state index contributed by atoms with van der Waals surface area (Å²) in [5.74, 6) is 0.657. The maximum atomic E-state index is 12.3. The lowest BCUT2D eigenvalue weighted by Crippen LogP contribution is -2.50. The summed E-state index contributed by atoms with van der Waals surface area (Å²) in [7, 11) is 2.06. The third-order valence-electron chi connectivity index (χ3n) is 3.36. The van der Waals surface area contributed by atoms with E-state index in [9.17, 15) is 4.79 Å². The molecule has 1 fully saturated rings. The molecular weight excluding hydrogens is 344 g/mol. The minimum atomic E-state index is -0.504. The molecule has 0 saturated carbocycles.